The van der Waals surface area contributed by atoms with E-state index in [1.54, 1.807) is 0 Å². The third-order valence-electron chi connectivity index (χ3n) is 9.51. The van der Waals surface area contributed by atoms with Crippen molar-refractivity contribution in [2.75, 3.05) is 13.4 Å². The number of aryl methyl sites for hydroxylation is 1. The number of carboxylic acids is 1. The molecule has 10 heteroatoms. The Hall–Kier alpha value is -3.89. The Morgan fingerprint density at radius 2 is 2.00 bits per heavy atom. The quantitative estimate of drug-likeness (QED) is 0.0847. The van der Waals surface area contributed by atoms with Crippen LogP contribution in [0.3, 0.4) is 0 Å². The lowest BCUT2D eigenvalue weighted by atomic mass is 9.73. The van der Waals surface area contributed by atoms with Crippen LogP contribution in [0.25, 0.3) is 0 Å². The standard InChI is InChI=1S/C37H46N2O7S/c1-5-6-7-9-24-17-30(40)33(28-16-23(4)11-13-27(28)22(2)3)31(18-24)46-21-45-20-25-12-14-29-34(36(42)39(29)35(25)37(43)44)38-32(41)19-26-10-8-15-47-26/h8,10,15-18,27-29,34,40H,2,5-7,9,11-14,19-21H2,1,3-4H3,(H,38,41)(H,43,44)/t27-,28+,29?,34-/m0/s1. The molecule has 9 nitrogen and oxygen atoms in total. The lowest BCUT2D eigenvalue weighted by molar-refractivity contribution is -0.156. The molecule has 0 saturated carbocycles. The van der Waals surface area contributed by atoms with Crippen molar-refractivity contribution in [2.24, 2.45) is 5.92 Å². The van der Waals surface area contributed by atoms with Crippen molar-refractivity contribution in [1.82, 2.24) is 10.2 Å². The summed E-state index contributed by atoms with van der Waals surface area (Å²) < 4.78 is 12.1. The summed E-state index contributed by atoms with van der Waals surface area (Å²) in [5.41, 5.74) is 4.43. The van der Waals surface area contributed by atoms with Gasteiger partial charge in [0.05, 0.1) is 19.1 Å². The van der Waals surface area contributed by atoms with E-state index in [2.05, 4.69) is 31.8 Å². The number of phenols is 1. The van der Waals surface area contributed by atoms with Crippen molar-refractivity contribution in [2.45, 2.75) is 96.6 Å². The predicted molar refractivity (Wildman–Crippen MR) is 181 cm³/mol. The lowest BCUT2D eigenvalue weighted by Crippen LogP contribution is -2.71. The molecule has 3 N–H and O–H groups in total. The molecule has 5 rings (SSSR count). The number of ether oxygens (including phenoxy) is 2. The maximum absolute atomic E-state index is 13.1. The van der Waals surface area contributed by atoms with Crippen LogP contribution in [0.5, 0.6) is 11.5 Å². The van der Waals surface area contributed by atoms with Gasteiger partial charge in [0.25, 0.3) is 5.91 Å². The molecule has 1 aromatic carbocycles. The topological polar surface area (TPSA) is 125 Å². The number of phenolic OH excluding ortho intramolecular Hbond substituents is 1. The number of nitrogens with one attached hydrogen (secondary N) is 1. The summed E-state index contributed by atoms with van der Waals surface area (Å²) in [6.45, 7) is 10.3. The number of β-lactam (4-membered cyclic amide) rings is 1. The van der Waals surface area contributed by atoms with Crippen LogP contribution >= 0.6 is 11.3 Å². The SMILES string of the molecule is C=C(C)[C@@H]1CCC(C)=C[C@H]1c1c(O)cc(CCCCC)cc1OCOCC1=C(C(=O)O)N2C(=O)[C@@H](NC(=O)Cc3cccs3)C2CC1. The fourth-order valence-electron chi connectivity index (χ4n) is 7.10. The number of carbonyl (C=O) groups excluding carboxylic acids is 2. The summed E-state index contributed by atoms with van der Waals surface area (Å²) in [6.07, 6.45) is 9.24. The number of thiophene rings is 1. The van der Waals surface area contributed by atoms with Gasteiger partial charge in [-0.25, -0.2) is 4.79 Å². The molecule has 3 aliphatic rings. The highest BCUT2D eigenvalue weighted by Gasteiger charge is 2.53. The molecule has 0 bridgehead atoms. The molecule has 2 aromatic rings. The summed E-state index contributed by atoms with van der Waals surface area (Å²) in [7, 11) is 0. The molecule has 1 fully saturated rings. The van der Waals surface area contributed by atoms with E-state index in [0.29, 0.717) is 29.7 Å². The number of hydrogen-bond acceptors (Lipinski definition) is 7. The molecule has 0 radical (unpaired) electrons. The van der Waals surface area contributed by atoms with Gasteiger partial charge in [-0.2, -0.15) is 0 Å². The van der Waals surface area contributed by atoms with E-state index < -0.39 is 24.0 Å². The van der Waals surface area contributed by atoms with Crippen LogP contribution in [0, 0.1) is 5.92 Å². The van der Waals surface area contributed by atoms with Gasteiger partial charge in [-0.1, -0.05) is 49.6 Å². The summed E-state index contributed by atoms with van der Waals surface area (Å²) in [5, 5.41) is 26.1. The van der Waals surface area contributed by atoms with Crippen LogP contribution in [0.2, 0.25) is 0 Å². The third-order valence-corrected chi connectivity index (χ3v) is 10.4. The number of aliphatic carboxylic acids is 1. The first-order valence-electron chi connectivity index (χ1n) is 16.6. The molecule has 47 heavy (non-hydrogen) atoms. The minimum Gasteiger partial charge on any atom is -0.507 e. The van der Waals surface area contributed by atoms with Crippen molar-refractivity contribution in [3.63, 3.8) is 0 Å². The van der Waals surface area contributed by atoms with E-state index in [1.807, 2.05) is 36.6 Å². The van der Waals surface area contributed by atoms with E-state index in [0.717, 1.165) is 54.5 Å². The fourth-order valence-corrected chi connectivity index (χ4v) is 7.80. The average molecular weight is 663 g/mol. The number of carboxylic acid groups (broad SMARTS) is 1. The Morgan fingerprint density at radius 3 is 2.70 bits per heavy atom. The van der Waals surface area contributed by atoms with E-state index in [-0.39, 0.29) is 49.0 Å². The van der Waals surface area contributed by atoms with Crippen LogP contribution in [0.1, 0.15) is 87.6 Å². The van der Waals surface area contributed by atoms with Crippen LogP contribution < -0.4 is 10.1 Å². The molecule has 252 valence electrons. The summed E-state index contributed by atoms with van der Waals surface area (Å²) in [4.78, 5) is 40.1. The summed E-state index contributed by atoms with van der Waals surface area (Å²) in [6, 6.07) is 6.41. The number of allylic oxidation sites excluding steroid dienone is 3. The summed E-state index contributed by atoms with van der Waals surface area (Å²) in [5.74, 6) is -1.07. The zero-order chi connectivity index (χ0) is 33.7. The number of nitrogens with zero attached hydrogens (tertiary/aromatic N) is 1. The molecular formula is C37H46N2O7S. The van der Waals surface area contributed by atoms with Crippen molar-refractivity contribution in [3.05, 3.63) is 80.7 Å². The zero-order valence-corrected chi connectivity index (χ0v) is 28.4. The number of benzene rings is 1. The van der Waals surface area contributed by atoms with Gasteiger partial charge in [-0.05, 0) is 93.0 Å². The fraction of sp³-hybridized carbons (Fsp3) is 0.486. The van der Waals surface area contributed by atoms with Crippen LogP contribution in [-0.4, -0.2) is 58.4 Å². The minimum absolute atomic E-state index is 0.0259. The van der Waals surface area contributed by atoms with Crippen molar-refractivity contribution < 1.29 is 34.1 Å². The van der Waals surface area contributed by atoms with Gasteiger partial charge < -0.3 is 25.0 Å². The number of aromatic hydroxyl groups is 1. The smallest absolute Gasteiger partial charge is 0.352 e. The van der Waals surface area contributed by atoms with Gasteiger partial charge in [0.1, 0.15) is 23.2 Å². The second kappa shape index (κ2) is 15.3. The number of carbonyl (C=O) groups is 3. The zero-order valence-electron chi connectivity index (χ0n) is 27.5. The number of amides is 2. The van der Waals surface area contributed by atoms with Gasteiger partial charge >= 0.3 is 5.97 Å². The monoisotopic (exact) mass is 662 g/mol. The van der Waals surface area contributed by atoms with Crippen LogP contribution in [0.4, 0.5) is 0 Å². The van der Waals surface area contributed by atoms with Gasteiger partial charge in [0.2, 0.25) is 5.91 Å². The number of hydrogen-bond donors (Lipinski definition) is 3. The molecule has 0 spiro atoms. The first-order valence-corrected chi connectivity index (χ1v) is 17.5. The second-order valence-corrected chi connectivity index (χ2v) is 14.0. The maximum Gasteiger partial charge on any atom is 0.352 e. The Bertz CT molecular complexity index is 1560. The van der Waals surface area contributed by atoms with Gasteiger partial charge in [0.15, 0.2) is 6.79 Å². The summed E-state index contributed by atoms with van der Waals surface area (Å²) >= 11 is 1.47. The predicted octanol–water partition coefficient (Wildman–Crippen LogP) is 6.63. The van der Waals surface area contributed by atoms with E-state index in [1.165, 1.54) is 21.8 Å². The number of fused-ring (bicyclic) bond motifs is 1. The molecule has 3 heterocycles. The first kappa shape index (κ1) is 34.4. The number of rotatable bonds is 15. The van der Waals surface area contributed by atoms with Gasteiger partial charge in [0, 0.05) is 16.4 Å². The van der Waals surface area contributed by atoms with E-state index >= 15 is 0 Å². The average Bonchev–Trinajstić information content (AvgIpc) is 3.54. The van der Waals surface area contributed by atoms with Crippen LogP contribution in [-0.2, 0) is 32.0 Å². The molecule has 1 unspecified atom stereocenters. The third kappa shape index (κ3) is 7.81. The Labute approximate surface area is 281 Å². The molecule has 1 aliphatic carbocycles. The van der Waals surface area contributed by atoms with Crippen molar-refractivity contribution in [1.29, 1.82) is 0 Å². The highest BCUT2D eigenvalue weighted by atomic mass is 32.1. The molecule has 2 amide bonds. The molecule has 1 saturated heterocycles. The Morgan fingerprint density at radius 1 is 1.19 bits per heavy atom. The number of unbranched alkanes of at least 4 members (excludes halogenated alkanes) is 2. The van der Waals surface area contributed by atoms with Crippen molar-refractivity contribution in [3.8, 4) is 11.5 Å². The van der Waals surface area contributed by atoms with E-state index in [9.17, 15) is 24.6 Å². The van der Waals surface area contributed by atoms with Gasteiger partial charge in [-0.3, -0.25) is 14.5 Å². The first-order chi connectivity index (χ1) is 22.6. The molecule has 2 aliphatic heterocycles. The van der Waals surface area contributed by atoms with Crippen molar-refractivity contribution >= 4 is 29.1 Å². The normalized spacial score (nSPS) is 22.3. The molecular weight excluding hydrogens is 616 g/mol. The largest absolute Gasteiger partial charge is 0.507 e. The molecule has 4 atom stereocenters. The second-order valence-electron chi connectivity index (χ2n) is 13.0. The van der Waals surface area contributed by atoms with Crippen LogP contribution in [0.15, 0.2) is 64.7 Å². The lowest BCUT2D eigenvalue weighted by Gasteiger charge is -2.50. The highest BCUT2D eigenvalue weighted by molar-refractivity contribution is 7.10. The minimum atomic E-state index is -1.21. The Kier molecular flexibility index (Phi) is 11.2. The van der Waals surface area contributed by atoms with Gasteiger partial charge in [-0.15, -0.1) is 11.3 Å². The Balaban J connectivity index is 1.28. The maximum atomic E-state index is 13.1. The highest BCUT2D eigenvalue weighted by Crippen LogP contribution is 2.47. The van der Waals surface area contributed by atoms with E-state index in [4.69, 9.17) is 9.47 Å². The molecule has 1 aromatic heterocycles.